The number of para-hydroxylation sites is 2. The molecule has 0 N–H and O–H groups in total. The summed E-state index contributed by atoms with van der Waals surface area (Å²) in [5.41, 5.74) is 3.21. The molecule has 0 radical (unpaired) electrons. The van der Waals surface area contributed by atoms with Gasteiger partial charge in [0.15, 0.2) is 16.6 Å². The molecule has 164 valence electrons. The van der Waals surface area contributed by atoms with Gasteiger partial charge in [-0.3, -0.25) is 9.69 Å². The van der Waals surface area contributed by atoms with Crippen LogP contribution >= 0.6 is 11.3 Å². The van der Waals surface area contributed by atoms with Crippen LogP contribution in [0.25, 0.3) is 10.2 Å². The number of thiazole rings is 1. The summed E-state index contributed by atoms with van der Waals surface area (Å²) in [6.45, 7) is 5.58. The van der Waals surface area contributed by atoms with Gasteiger partial charge in [-0.1, -0.05) is 35.6 Å². The zero-order chi connectivity index (χ0) is 22.1. The SMILES string of the molecule is Cc1ccc(C)c2sc(N(CCCn3ccnc3)C(=O)C3COc4ccccc4O3)nc12. The number of hydrogen-bond donors (Lipinski definition) is 0. The van der Waals surface area contributed by atoms with Crippen molar-refractivity contribution in [2.45, 2.75) is 32.9 Å². The number of benzene rings is 2. The molecule has 3 heterocycles. The number of ether oxygens (including phenoxy) is 2. The lowest BCUT2D eigenvalue weighted by Gasteiger charge is -2.29. The van der Waals surface area contributed by atoms with Crippen LogP contribution in [0.4, 0.5) is 5.13 Å². The van der Waals surface area contributed by atoms with E-state index in [2.05, 4.69) is 24.0 Å². The lowest BCUT2D eigenvalue weighted by molar-refractivity contribution is -0.127. The maximum Gasteiger partial charge on any atom is 0.273 e. The second-order valence-corrected chi connectivity index (χ2v) is 8.86. The highest BCUT2D eigenvalue weighted by Crippen LogP contribution is 2.35. The summed E-state index contributed by atoms with van der Waals surface area (Å²) in [5, 5.41) is 0.690. The second kappa shape index (κ2) is 8.63. The molecule has 4 aromatic rings. The third kappa shape index (κ3) is 3.93. The van der Waals surface area contributed by atoms with Crippen LogP contribution in [-0.4, -0.2) is 39.7 Å². The van der Waals surface area contributed by atoms with Crippen molar-refractivity contribution < 1.29 is 14.3 Å². The molecular formula is C24H24N4O3S. The fourth-order valence-electron chi connectivity index (χ4n) is 3.81. The Morgan fingerprint density at radius 2 is 2.00 bits per heavy atom. The molecule has 1 aliphatic heterocycles. The molecule has 1 aliphatic rings. The standard InChI is InChI=1S/C24H24N4O3S/c1-16-8-9-17(2)22-21(16)26-24(32-22)28(12-5-11-27-13-10-25-15-27)23(29)20-14-30-18-6-3-4-7-19(18)31-20/h3-4,6-10,13,15,20H,5,11-12,14H2,1-2H3. The summed E-state index contributed by atoms with van der Waals surface area (Å²) in [6, 6.07) is 11.6. The van der Waals surface area contributed by atoms with Crippen LogP contribution in [0.3, 0.4) is 0 Å². The van der Waals surface area contributed by atoms with Crippen LogP contribution in [0.1, 0.15) is 17.5 Å². The number of carbonyl (C=O) groups is 1. The van der Waals surface area contributed by atoms with Crippen molar-refractivity contribution in [1.82, 2.24) is 14.5 Å². The van der Waals surface area contributed by atoms with Gasteiger partial charge in [0.25, 0.3) is 5.91 Å². The number of nitrogens with zero attached hydrogens (tertiary/aromatic N) is 4. The Labute approximate surface area is 190 Å². The van der Waals surface area contributed by atoms with Gasteiger partial charge in [0.05, 0.1) is 16.5 Å². The fourth-order valence-corrected chi connectivity index (χ4v) is 4.95. The van der Waals surface area contributed by atoms with Crippen LogP contribution in [0.5, 0.6) is 11.5 Å². The molecule has 1 unspecified atom stereocenters. The summed E-state index contributed by atoms with van der Waals surface area (Å²) >= 11 is 1.55. The Morgan fingerprint density at radius 3 is 2.78 bits per heavy atom. The number of aromatic nitrogens is 3. The smallest absolute Gasteiger partial charge is 0.273 e. The molecule has 0 aliphatic carbocycles. The van der Waals surface area contributed by atoms with Gasteiger partial charge in [-0.25, -0.2) is 9.97 Å². The Kier molecular flexibility index (Phi) is 5.53. The number of anilines is 1. The van der Waals surface area contributed by atoms with Gasteiger partial charge in [0.2, 0.25) is 6.10 Å². The van der Waals surface area contributed by atoms with Gasteiger partial charge < -0.3 is 14.0 Å². The molecule has 0 saturated carbocycles. The highest BCUT2D eigenvalue weighted by Gasteiger charge is 2.33. The Morgan fingerprint density at radius 1 is 1.19 bits per heavy atom. The first kappa shape index (κ1) is 20.5. The van der Waals surface area contributed by atoms with Gasteiger partial charge in [-0.2, -0.15) is 0 Å². The number of carbonyl (C=O) groups excluding carboxylic acids is 1. The Hall–Kier alpha value is -3.39. The van der Waals surface area contributed by atoms with E-state index in [0.717, 1.165) is 34.3 Å². The summed E-state index contributed by atoms with van der Waals surface area (Å²) < 4.78 is 14.9. The maximum atomic E-state index is 13.6. The summed E-state index contributed by atoms with van der Waals surface area (Å²) in [4.78, 5) is 24.3. The van der Waals surface area contributed by atoms with Crippen molar-refractivity contribution in [2.75, 3.05) is 18.1 Å². The minimum absolute atomic E-state index is 0.139. The molecule has 8 heteroatoms. The molecule has 0 fully saturated rings. The predicted molar refractivity (Wildman–Crippen MR) is 125 cm³/mol. The summed E-state index contributed by atoms with van der Waals surface area (Å²) in [6.07, 6.45) is 5.51. The van der Waals surface area contributed by atoms with E-state index in [9.17, 15) is 4.79 Å². The first-order valence-electron chi connectivity index (χ1n) is 10.6. The van der Waals surface area contributed by atoms with Crippen molar-refractivity contribution in [3.8, 4) is 11.5 Å². The molecule has 1 amide bonds. The highest BCUT2D eigenvalue weighted by atomic mass is 32.1. The molecule has 0 bridgehead atoms. The molecule has 0 spiro atoms. The predicted octanol–water partition coefficient (Wildman–Crippen LogP) is 4.37. The number of rotatable bonds is 6. The number of fused-ring (bicyclic) bond motifs is 2. The highest BCUT2D eigenvalue weighted by molar-refractivity contribution is 7.22. The topological polar surface area (TPSA) is 69.5 Å². The normalized spacial score (nSPS) is 15.1. The van der Waals surface area contributed by atoms with E-state index in [1.54, 1.807) is 28.8 Å². The van der Waals surface area contributed by atoms with E-state index >= 15 is 0 Å². The third-order valence-corrected chi connectivity index (χ3v) is 6.78. The first-order chi connectivity index (χ1) is 15.6. The van der Waals surface area contributed by atoms with Crippen LogP contribution in [-0.2, 0) is 11.3 Å². The average Bonchev–Trinajstić information content (AvgIpc) is 3.49. The maximum absolute atomic E-state index is 13.6. The van der Waals surface area contributed by atoms with Crippen molar-refractivity contribution in [1.29, 1.82) is 0 Å². The van der Waals surface area contributed by atoms with E-state index in [0.29, 0.717) is 23.2 Å². The second-order valence-electron chi connectivity index (χ2n) is 7.88. The quantitative estimate of drug-likeness (QED) is 0.438. The summed E-state index contributed by atoms with van der Waals surface area (Å²) in [7, 11) is 0. The van der Waals surface area contributed by atoms with Crippen LogP contribution in [0.15, 0.2) is 55.1 Å². The van der Waals surface area contributed by atoms with Crippen LogP contribution in [0.2, 0.25) is 0 Å². The molecular weight excluding hydrogens is 424 g/mol. The minimum Gasteiger partial charge on any atom is -0.485 e. The van der Waals surface area contributed by atoms with Crippen LogP contribution in [0, 0.1) is 13.8 Å². The molecule has 7 nitrogen and oxygen atoms in total. The average molecular weight is 449 g/mol. The van der Waals surface area contributed by atoms with Gasteiger partial charge in [0, 0.05) is 25.5 Å². The third-order valence-electron chi connectivity index (χ3n) is 5.57. The van der Waals surface area contributed by atoms with Crippen molar-refractivity contribution in [2.24, 2.45) is 0 Å². The van der Waals surface area contributed by atoms with E-state index in [1.807, 2.05) is 42.0 Å². The summed E-state index contributed by atoms with van der Waals surface area (Å²) in [5.74, 6) is 1.11. The number of hydrogen-bond acceptors (Lipinski definition) is 6. The monoisotopic (exact) mass is 448 g/mol. The van der Waals surface area contributed by atoms with Crippen LogP contribution < -0.4 is 14.4 Å². The Balaban J connectivity index is 1.43. The van der Waals surface area contributed by atoms with Gasteiger partial charge >= 0.3 is 0 Å². The van der Waals surface area contributed by atoms with Crippen molar-refractivity contribution >= 4 is 32.6 Å². The molecule has 0 saturated heterocycles. The molecule has 1 atom stereocenters. The first-order valence-corrected chi connectivity index (χ1v) is 11.4. The number of amides is 1. The molecule has 32 heavy (non-hydrogen) atoms. The van der Waals surface area contributed by atoms with Crippen molar-refractivity contribution in [3.05, 3.63) is 66.2 Å². The fraction of sp³-hybridized carbons (Fsp3) is 0.292. The zero-order valence-electron chi connectivity index (χ0n) is 18.0. The van der Waals surface area contributed by atoms with Gasteiger partial charge in [-0.05, 0) is 43.5 Å². The molecule has 2 aromatic carbocycles. The van der Waals surface area contributed by atoms with Crippen molar-refractivity contribution in [3.63, 3.8) is 0 Å². The van der Waals surface area contributed by atoms with E-state index in [-0.39, 0.29) is 12.5 Å². The van der Waals surface area contributed by atoms with E-state index in [4.69, 9.17) is 14.5 Å². The van der Waals surface area contributed by atoms with Gasteiger partial charge in [0.1, 0.15) is 6.61 Å². The van der Waals surface area contributed by atoms with E-state index in [1.165, 1.54) is 0 Å². The zero-order valence-corrected chi connectivity index (χ0v) is 18.8. The number of imidazole rings is 1. The van der Waals surface area contributed by atoms with E-state index < -0.39 is 6.10 Å². The largest absolute Gasteiger partial charge is 0.485 e. The lowest BCUT2D eigenvalue weighted by Crippen LogP contribution is -2.47. The Bertz CT molecular complexity index is 1210. The lowest BCUT2D eigenvalue weighted by atomic mass is 10.1. The van der Waals surface area contributed by atoms with Gasteiger partial charge in [-0.15, -0.1) is 0 Å². The minimum atomic E-state index is -0.715. The molecule has 2 aromatic heterocycles. The molecule has 5 rings (SSSR count). The number of aryl methyl sites for hydroxylation is 3.